The van der Waals surface area contributed by atoms with Crippen molar-refractivity contribution in [2.24, 2.45) is 0 Å². The number of thiazole rings is 1. The Morgan fingerprint density at radius 3 is 2.53 bits per heavy atom. The summed E-state index contributed by atoms with van der Waals surface area (Å²) in [5.41, 5.74) is 1.12. The molecule has 3 rings (SSSR count). The summed E-state index contributed by atoms with van der Waals surface area (Å²) in [6.45, 7) is 15.1. The predicted octanol–water partition coefficient (Wildman–Crippen LogP) is 3.66. The summed E-state index contributed by atoms with van der Waals surface area (Å²) >= 11 is 2.52. The van der Waals surface area contributed by atoms with Crippen LogP contribution in [0.2, 0.25) is 0 Å². The quantitative estimate of drug-likeness (QED) is 0.332. The van der Waals surface area contributed by atoms with Gasteiger partial charge >= 0.3 is 5.97 Å². The number of anilines is 1. The highest BCUT2D eigenvalue weighted by atomic mass is 32.1. The predicted molar refractivity (Wildman–Crippen MR) is 136 cm³/mol. The van der Waals surface area contributed by atoms with Crippen molar-refractivity contribution in [3.05, 3.63) is 49.8 Å². The maximum absolute atomic E-state index is 13.4. The lowest BCUT2D eigenvalue weighted by molar-refractivity contribution is -0.116. The fraction of sp³-hybridized carbons (Fsp3) is 0.435. The Hall–Kier alpha value is -2.89. The SMILES string of the molecule is C=CCOC(=O)c1sc(NC(=O)Cn2c(CN(CC)CC)nc3sc(C)c(C)c3c2=O)nc1C. The molecule has 0 aliphatic rings. The van der Waals surface area contributed by atoms with Crippen molar-refractivity contribution in [3.63, 3.8) is 0 Å². The molecular weight excluding hydrogens is 474 g/mol. The molecule has 1 amide bonds. The molecule has 0 spiro atoms. The van der Waals surface area contributed by atoms with E-state index in [1.165, 1.54) is 22.0 Å². The summed E-state index contributed by atoms with van der Waals surface area (Å²) in [6.07, 6.45) is 1.48. The summed E-state index contributed by atoms with van der Waals surface area (Å²) in [6, 6.07) is 0. The van der Waals surface area contributed by atoms with Crippen molar-refractivity contribution in [2.45, 2.75) is 47.7 Å². The van der Waals surface area contributed by atoms with Crippen LogP contribution in [0.5, 0.6) is 0 Å². The minimum atomic E-state index is -0.522. The first kappa shape index (κ1) is 25.7. The monoisotopic (exact) mass is 503 g/mol. The van der Waals surface area contributed by atoms with E-state index in [0.717, 1.165) is 34.9 Å². The van der Waals surface area contributed by atoms with Crippen molar-refractivity contribution < 1.29 is 14.3 Å². The Morgan fingerprint density at radius 2 is 1.88 bits per heavy atom. The highest BCUT2D eigenvalue weighted by Crippen LogP contribution is 2.27. The van der Waals surface area contributed by atoms with Crippen LogP contribution < -0.4 is 10.9 Å². The number of nitrogens with zero attached hydrogens (tertiary/aromatic N) is 4. The molecule has 3 aromatic heterocycles. The smallest absolute Gasteiger partial charge is 0.350 e. The standard InChI is InChI=1S/C23H29N5O4S2/c1-7-10-32-22(31)19-14(5)24-23(34-19)26-17(29)12-28-16(11-27(8-2)9-3)25-20-18(21(28)30)13(4)15(6)33-20/h7H,1,8-12H2,2-6H3,(H,24,26,29). The molecule has 0 saturated carbocycles. The molecule has 34 heavy (non-hydrogen) atoms. The van der Waals surface area contributed by atoms with E-state index in [2.05, 4.69) is 21.8 Å². The number of carbonyl (C=O) groups is 2. The number of aromatic nitrogens is 3. The largest absolute Gasteiger partial charge is 0.457 e. The minimum Gasteiger partial charge on any atom is -0.457 e. The molecule has 3 aromatic rings. The lowest BCUT2D eigenvalue weighted by Crippen LogP contribution is -2.34. The Labute approximate surface area is 206 Å². The molecule has 0 saturated heterocycles. The number of thiophene rings is 1. The van der Waals surface area contributed by atoms with Crippen LogP contribution >= 0.6 is 22.7 Å². The molecule has 9 nitrogen and oxygen atoms in total. The Balaban J connectivity index is 1.91. The van der Waals surface area contributed by atoms with E-state index in [0.29, 0.717) is 33.2 Å². The van der Waals surface area contributed by atoms with Gasteiger partial charge in [0.2, 0.25) is 5.91 Å². The zero-order valence-electron chi connectivity index (χ0n) is 20.1. The zero-order chi connectivity index (χ0) is 25.0. The van der Waals surface area contributed by atoms with Gasteiger partial charge in [-0.3, -0.25) is 19.1 Å². The number of nitrogens with one attached hydrogen (secondary N) is 1. The Kier molecular flexibility index (Phi) is 8.34. The van der Waals surface area contributed by atoms with Crippen molar-refractivity contribution in [1.29, 1.82) is 0 Å². The second kappa shape index (κ2) is 11.0. The van der Waals surface area contributed by atoms with Gasteiger partial charge < -0.3 is 10.1 Å². The maximum atomic E-state index is 13.4. The molecule has 0 atom stereocenters. The first-order chi connectivity index (χ1) is 16.2. The van der Waals surface area contributed by atoms with Gasteiger partial charge in [-0.15, -0.1) is 11.3 Å². The average Bonchev–Trinajstić information content (AvgIpc) is 3.30. The Morgan fingerprint density at radius 1 is 1.18 bits per heavy atom. The van der Waals surface area contributed by atoms with Crippen LogP contribution in [0.15, 0.2) is 17.4 Å². The van der Waals surface area contributed by atoms with Gasteiger partial charge in [-0.1, -0.05) is 37.8 Å². The number of hydrogen-bond donors (Lipinski definition) is 1. The maximum Gasteiger partial charge on any atom is 0.350 e. The van der Waals surface area contributed by atoms with Crippen molar-refractivity contribution in [2.75, 3.05) is 25.0 Å². The van der Waals surface area contributed by atoms with Gasteiger partial charge in [0.25, 0.3) is 5.56 Å². The number of hydrogen-bond acceptors (Lipinski definition) is 9. The van der Waals surface area contributed by atoms with Crippen molar-refractivity contribution >= 4 is 49.9 Å². The number of fused-ring (bicyclic) bond motifs is 1. The molecule has 0 aromatic carbocycles. The van der Waals surface area contributed by atoms with Gasteiger partial charge in [0.15, 0.2) is 5.13 Å². The van der Waals surface area contributed by atoms with E-state index < -0.39 is 11.9 Å². The molecule has 0 unspecified atom stereocenters. The van der Waals surface area contributed by atoms with Crippen LogP contribution in [0, 0.1) is 20.8 Å². The molecule has 0 radical (unpaired) electrons. The first-order valence-corrected chi connectivity index (χ1v) is 12.6. The van der Waals surface area contributed by atoms with Crippen LogP contribution in [0.4, 0.5) is 5.13 Å². The number of ether oxygens (including phenoxy) is 1. The van der Waals surface area contributed by atoms with Gasteiger partial charge in [-0.05, 0) is 39.4 Å². The number of rotatable bonds is 10. The molecule has 1 N–H and O–H groups in total. The first-order valence-electron chi connectivity index (χ1n) is 11.0. The van der Waals surface area contributed by atoms with E-state index in [1.54, 1.807) is 6.92 Å². The Bertz CT molecular complexity index is 1290. The van der Waals surface area contributed by atoms with Crippen LogP contribution in [-0.2, 0) is 22.6 Å². The van der Waals surface area contributed by atoms with Gasteiger partial charge in [0.05, 0.1) is 17.6 Å². The van der Waals surface area contributed by atoms with Crippen molar-refractivity contribution in [1.82, 2.24) is 19.4 Å². The molecule has 0 aliphatic heterocycles. The molecular formula is C23H29N5O4S2. The summed E-state index contributed by atoms with van der Waals surface area (Å²) in [5.74, 6) is -0.402. The van der Waals surface area contributed by atoms with E-state index in [9.17, 15) is 14.4 Å². The molecule has 3 heterocycles. The third-order valence-electron chi connectivity index (χ3n) is 5.49. The summed E-state index contributed by atoms with van der Waals surface area (Å²) in [4.78, 5) is 51.7. The van der Waals surface area contributed by atoms with Crippen molar-refractivity contribution in [3.8, 4) is 0 Å². The van der Waals surface area contributed by atoms with Crippen LogP contribution in [0.3, 0.4) is 0 Å². The molecule has 0 bridgehead atoms. The third kappa shape index (κ3) is 5.43. The summed E-state index contributed by atoms with van der Waals surface area (Å²) in [5, 5.41) is 3.53. The van der Waals surface area contributed by atoms with E-state index in [-0.39, 0.29) is 23.8 Å². The highest BCUT2D eigenvalue weighted by molar-refractivity contribution is 7.18. The van der Waals surface area contributed by atoms with Gasteiger partial charge in [0.1, 0.15) is 28.7 Å². The number of carbonyl (C=O) groups excluding carboxylic acids is 2. The van der Waals surface area contributed by atoms with Gasteiger partial charge in [0, 0.05) is 4.88 Å². The summed E-state index contributed by atoms with van der Waals surface area (Å²) in [7, 11) is 0. The zero-order valence-corrected chi connectivity index (χ0v) is 21.7. The normalized spacial score (nSPS) is 11.2. The average molecular weight is 504 g/mol. The lowest BCUT2D eigenvalue weighted by atomic mass is 10.2. The fourth-order valence-electron chi connectivity index (χ4n) is 3.44. The molecule has 0 fully saturated rings. The molecule has 182 valence electrons. The minimum absolute atomic E-state index is 0.0903. The van der Waals surface area contributed by atoms with E-state index in [4.69, 9.17) is 9.72 Å². The topological polar surface area (TPSA) is 106 Å². The lowest BCUT2D eigenvalue weighted by Gasteiger charge is -2.20. The number of aryl methyl sites for hydroxylation is 3. The molecule has 11 heteroatoms. The fourth-order valence-corrected chi connectivity index (χ4v) is 5.36. The second-order valence-electron chi connectivity index (χ2n) is 7.71. The second-order valence-corrected chi connectivity index (χ2v) is 9.92. The third-order valence-corrected chi connectivity index (χ3v) is 7.64. The van der Waals surface area contributed by atoms with E-state index >= 15 is 0 Å². The number of esters is 1. The van der Waals surface area contributed by atoms with Gasteiger partial charge in [-0.2, -0.15) is 0 Å². The molecule has 0 aliphatic carbocycles. The summed E-state index contributed by atoms with van der Waals surface area (Å²) < 4.78 is 6.50. The van der Waals surface area contributed by atoms with Crippen LogP contribution in [0.1, 0.15) is 45.5 Å². The van der Waals surface area contributed by atoms with E-state index in [1.807, 2.05) is 27.7 Å². The number of amides is 1. The van der Waals surface area contributed by atoms with Crippen LogP contribution in [0.25, 0.3) is 10.2 Å². The highest BCUT2D eigenvalue weighted by Gasteiger charge is 2.21. The van der Waals surface area contributed by atoms with Crippen LogP contribution in [-0.4, -0.2) is 51.0 Å². The van der Waals surface area contributed by atoms with Gasteiger partial charge in [-0.25, -0.2) is 14.8 Å².